The maximum Gasteiger partial charge on any atom is 0.494 e. The number of fused-ring (bicyclic) bond motifs is 4. The Kier molecular flexibility index (Phi) is 27.4. The Bertz CT molecular complexity index is 1980. The summed E-state index contributed by atoms with van der Waals surface area (Å²) in [5.41, 5.74) is 10.4. The highest BCUT2D eigenvalue weighted by Gasteiger charge is 2.60. The molecule has 4 nitrogen and oxygen atoms in total. The summed E-state index contributed by atoms with van der Waals surface area (Å²) in [5.74, 6) is 2.60. The van der Waals surface area contributed by atoms with Crippen molar-refractivity contribution in [3.63, 3.8) is 0 Å². The van der Waals surface area contributed by atoms with E-state index in [1.807, 2.05) is 0 Å². The van der Waals surface area contributed by atoms with Crippen LogP contribution in [0.2, 0.25) is 0 Å². The molecular weight excluding hydrogens is 998 g/mol. The molecule has 4 atom stereocenters. The van der Waals surface area contributed by atoms with E-state index in [0.29, 0.717) is 23.7 Å². The Morgan fingerprint density at radius 1 is 0.305 bits per heavy atom. The normalized spacial score (nSPS) is 22.7. The summed E-state index contributed by atoms with van der Waals surface area (Å²) in [6.07, 6.45) is 47.1. The molecule has 2 aromatic rings. The van der Waals surface area contributed by atoms with E-state index in [4.69, 9.17) is 18.6 Å². The summed E-state index contributed by atoms with van der Waals surface area (Å²) in [6, 6.07) is 15.8. The average Bonchev–Trinajstić information content (AvgIpc) is 3.09. The van der Waals surface area contributed by atoms with Crippen LogP contribution in [0.4, 0.5) is 0 Å². The lowest BCUT2D eigenvalue weighted by atomic mass is 9.60. The third-order valence-electron chi connectivity index (χ3n) is 22.2. The molecule has 0 amide bonds. The largest absolute Gasteiger partial charge is 0.494 e. The van der Waals surface area contributed by atoms with E-state index in [1.165, 1.54) is 242 Å². The molecular formula is C76H130B2O4. The Labute approximate surface area is 509 Å². The monoisotopic (exact) mass is 1130 g/mol. The molecule has 0 saturated carbocycles. The fourth-order valence-electron chi connectivity index (χ4n) is 15.9. The van der Waals surface area contributed by atoms with Crippen LogP contribution in [-0.4, -0.2) is 36.6 Å². The second kappa shape index (κ2) is 32.4. The fraction of sp³-hybridized carbons (Fsp3) is 0.816. The van der Waals surface area contributed by atoms with Gasteiger partial charge in [0.05, 0.1) is 22.4 Å². The second-order valence-electron chi connectivity index (χ2n) is 29.9. The van der Waals surface area contributed by atoms with E-state index < -0.39 is 36.6 Å². The summed E-state index contributed by atoms with van der Waals surface area (Å²) in [4.78, 5) is 0. The highest BCUT2D eigenvalue weighted by atomic mass is 16.7. The molecule has 2 heterocycles. The third kappa shape index (κ3) is 16.8. The van der Waals surface area contributed by atoms with Crippen molar-refractivity contribution in [1.82, 2.24) is 0 Å². The average molecular weight is 1130 g/mol. The van der Waals surface area contributed by atoms with Crippen molar-refractivity contribution in [2.45, 2.75) is 375 Å². The zero-order valence-corrected chi connectivity index (χ0v) is 57.0. The number of hydrogen-bond donors (Lipinski definition) is 0. The maximum absolute atomic E-state index is 7.11. The number of benzene rings is 2. The Hall–Kier alpha value is -1.85. The number of rotatable bonds is 42. The van der Waals surface area contributed by atoms with Crippen LogP contribution in [0.3, 0.4) is 0 Å². The van der Waals surface area contributed by atoms with Crippen LogP contribution in [0, 0.1) is 23.7 Å². The van der Waals surface area contributed by atoms with Crippen LogP contribution in [0.25, 0.3) is 11.1 Å². The standard InChI is InChI=1S/C76H130B2O4/c1-17-25-33-37-45-59(41-29-21-5)55-75(56-60(42-30-22-6)46-38-34-26-18-2)67-53-63(77-79-71(9,10)72(11,12)80-77)49-51-65(67)70-69(75)66-52-50-64(78-81-73(13,14)74(15,16)82-78)54-68(66)76(70,57-61(43-31-23-7)47-39-35-27-19-3)58-62(44-32-24-8)48-40-36-28-20-4/h49-54,59-62H,17-48,55-58H2,1-16H3. The van der Waals surface area contributed by atoms with Crippen LogP contribution >= 0.6 is 0 Å². The molecule has 6 heteroatoms. The molecule has 2 fully saturated rings. The SMILES string of the molecule is CCCCCCC(CCCC)CC1(CC(CCCC)CCCCCC)C2=C(c3ccc(B4OC(C)(C)C(C)(C)O4)cc31)C(CC(CCCC)CCCCCC)(CC(CCCC)CCCCCC)c1cc(B3OC(C)(C)C(C)(C)O3)ccc12. The van der Waals surface area contributed by atoms with Crippen molar-refractivity contribution < 1.29 is 18.6 Å². The summed E-state index contributed by atoms with van der Waals surface area (Å²) in [7, 11) is -0.804. The summed E-state index contributed by atoms with van der Waals surface area (Å²) in [5, 5.41) is 0. The number of allylic oxidation sites excluding steroid dienone is 2. The molecule has 2 aliphatic heterocycles. The van der Waals surface area contributed by atoms with E-state index in [9.17, 15) is 0 Å². The van der Waals surface area contributed by atoms with Gasteiger partial charge in [0.1, 0.15) is 0 Å². The highest BCUT2D eigenvalue weighted by Crippen LogP contribution is 2.69. The predicted molar refractivity (Wildman–Crippen MR) is 360 cm³/mol. The van der Waals surface area contributed by atoms with Gasteiger partial charge in [-0.15, -0.1) is 0 Å². The second-order valence-corrected chi connectivity index (χ2v) is 29.9. The predicted octanol–water partition coefficient (Wildman–Crippen LogP) is 22.4. The van der Waals surface area contributed by atoms with Gasteiger partial charge in [-0.2, -0.15) is 0 Å². The molecule has 0 spiro atoms. The maximum atomic E-state index is 7.11. The van der Waals surface area contributed by atoms with Crippen molar-refractivity contribution in [2.24, 2.45) is 23.7 Å². The Morgan fingerprint density at radius 3 is 0.768 bits per heavy atom. The minimum atomic E-state index is -0.417. The molecule has 4 aliphatic rings. The molecule has 0 bridgehead atoms. The first-order valence-corrected chi connectivity index (χ1v) is 36.0. The van der Waals surface area contributed by atoms with E-state index >= 15 is 0 Å². The lowest BCUT2D eigenvalue weighted by Gasteiger charge is -2.42. The zero-order chi connectivity index (χ0) is 59.6. The van der Waals surface area contributed by atoms with Gasteiger partial charge in [-0.05, 0) is 149 Å². The molecule has 4 unspecified atom stereocenters. The van der Waals surface area contributed by atoms with Crippen molar-refractivity contribution in [1.29, 1.82) is 0 Å². The van der Waals surface area contributed by atoms with Crippen LogP contribution in [-0.2, 0) is 29.4 Å². The smallest absolute Gasteiger partial charge is 0.399 e. The van der Waals surface area contributed by atoms with E-state index in [0.717, 1.165) is 0 Å². The van der Waals surface area contributed by atoms with Crippen LogP contribution in [0.5, 0.6) is 0 Å². The molecule has 2 aliphatic carbocycles. The topological polar surface area (TPSA) is 36.9 Å². The lowest BCUT2D eigenvalue weighted by Crippen LogP contribution is -2.41. The minimum Gasteiger partial charge on any atom is -0.399 e. The molecule has 82 heavy (non-hydrogen) atoms. The van der Waals surface area contributed by atoms with Gasteiger partial charge in [0.25, 0.3) is 0 Å². The Balaban J connectivity index is 1.77. The van der Waals surface area contributed by atoms with Gasteiger partial charge in [-0.1, -0.05) is 297 Å². The molecule has 6 rings (SSSR count). The van der Waals surface area contributed by atoms with Crippen molar-refractivity contribution in [2.75, 3.05) is 0 Å². The first-order chi connectivity index (χ1) is 39.3. The fourth-order valence-corrected chi connectivity index (χ4v) is 15.9. The van der Waals surface area contributed by atoms with Gasteiger partial charge < -0.3 is 18.6 Å². The van der Waals surface area contributed by atoms with Gasteiger partial charge in [-0.3, -0.25) is 0 Å². The van der Waals surface area contributed by atoms with Crippen LogP contribution < -0.4 is 10.9 Å². The third-order valence-corrected chi connectivity index (χ3v) is 22.2. The number of unbranched alkanes of at least 4 members (excludes halogenated alkanes) is 16. The van der Waals surface area contributed by atoms with Gasteiger partial charge in [-0.25, -0.2) is 0 Å². The summed E-state index contributed by atoms with van der Waals surface area (Å²) < 4.78 is 28.4. The molecule has 0 N–H and O–H groups in total. The molecule has 0 radical (unpaired) electrons. The minimum absolute atomic E-state index is 0.154. The quantitative estimate of drug-likeness (QED) is 0.0490. The van der Waals surface area contributed by atoms with Crippen molar-refractivity contribution in [3.8, 4) is 0 Å². The van der Waals surface area contributed by atoms with Crippen molar-refractivity contribution >= 4 is 36.3 Å². The van der Waals surface area contributed by atoms with Gasteiger partial charge in [0, 0.05) is 10.8 Å². The summed E-state index contributed by atoms with van der Waals surface area (Å²) in [6.45, 7) is 37.3. The first-order valence-electron chi connectivity index (χ1n) is 36.0. The lowest BCUT2D eigenvalue weighted by molar-refractivity contribution is 0.00578. The molecule has 464 valence electrons. The molecule has 0 aromatic heterocycles. The highest BCUT2D eigenvalue weighted by molar-refractivity contribution is 6.62. The first kappa shape index (κ1) is 69.3. The van der Waals surface area contributed by atoms with Crippen molar-refractivity contribution in [3.05, 3.63) is 58.7 Å². The number of hydrogen-bond acceptors (Lipinski definition) is 4. The van der Waals surface area contributed by atoms with E-state index in [-0.39, 0.29) is 10.8 Å². The molecule has 2 saturated heterocycles. The zero-order valence-electron chi connectivity index (χ0n) is 57.0. The van der Waals surface area contributed by atoms with E-state index in [2.05, 4.69) is 147 Å². The van der Waals surface area contributed by atoms with Gasteiger partial charge in [0.15, 0.2) is 0 Å². The van der Waals surface area contributed by atoms with Crippen LogP contribution in [0.1, 0.15) is 364 Å². The van der Waals surface area contributed by atoms with E-state index in [1.54, 1.807) is 33.4 Å². The Morgan fingerprint density at radius 2 is 0.537 bits per heavy atom. The molecule has 2 aromatic carbocycles. The van der Waals surface area contributed by atoms with Gasteiger partial charge in [0.2, 0.25) is 0 Å². The van der Waals surface area contributed by atoms with Crippen LogP contribution in [0.15, 0.2) is 36.4 Å². The summed E-state index contributed by atoms with van der Waals surface area (Å²) >= 11 is 0. The van der Waals surface area contributed by atoms with Gasteiger partial charge >= 0.3 is 14.2 Å².